The van der Waals surface area contributed by atoms with Gasteiger partial charge in [0.2, 0.25) is 0 Å². The van der Waals surface area contributed by atoms with E-state index in [9.17, 15) is 43.2 Å². The van der Waals surface area contributed by atoms with Gasteiger partial charge < -0.3 is 4.13 Å². The Kier molecular flexibility index (Phi) is 6.71. The summed E-state index contributed by atoms with van der Waals surface area (Å²) in [4.78, 5) is 0. The zero-order valence-corrected chi connectivity index (χ0v) is 13.7. The second-order valence-corrected chi connectivity index (χ2v) is 5.34. The van der Waals surface area contributed by atoms with E-state index in [0.717, 1.165) is 4.13 Å². The van der Waals surface area contributed by atoms with Crippen LogP contribution in [0.15, 0.2) is 0 Å². The van der Waals surface area contributed by atoms with Crippen LogP contribution in [0.2, 0.25) is 0 Å². The number of nitrogens with zero attached hydrogens (tertiary/aromatic N) is 1. The van der Waals surface area contributed by atoms with Crippen LogP contribution in [0, 0.1) is 0 Å². The molecule has 0 aliphatic heterocycles. The predicted molar refractivity (Wildman–Crippen MR) is 33.3 cm³/mol. The van der Waals surface area contributed by atoms with Crippen LogP contribution in [0.4, 0.5) is 26.3 Å². The zero-order valence-electron chi connectivity index (χ0n) is 7.16. The Morgan fingerprint density at radius 3 is 1.00 bits per heavy atom. The van der Waals surface area contributed by atoms with Gasteiger partial charge >= 0.3 is 69.2 Å². The van der Waals surface area contributed by atoms with E-state index >= 15 is 0 Å². The molecule has 14 heteroatoms. The van der Waals surface area contributed by atoms with Gasteiger partial charge in [-0.2, -0.15) is 26.3 Å². The van der Waals surface area contributed by atoms with Gasteiger partial charge in [-0.1, -0.05) is 0 Å². The van der Waals surface area contributed by atoms with E-state index in [1.54, 1.807) is 0 Å². The standard InChI is InChI=1S/C2F6NO4S2.Rb/c3-1(4,5)14(10,11)9-15(12,13)2(6,7)8;/q-1;+1. The van der Waals surface area contributed by atoms with Gasteiger partial charge in [0.05, 0.1) is 0 Å². The van der Waals surface area contributed by atoms with Gasteiger partial charge in [0.15, 0.2) is 20.0 Å². The smallest absolute Gasteiger partial charge is 0.421 e. The van der Waals surface area contributed by atoms with Crippen LogP contribution in [0.5, 0.6) is 0 Å². The number of sulfonamides is 2. The molecule has 92 valence electrons. The predicted octanol–water partition coefficient (Wildman–Crippen LogP) is -1.94. The fraction of sp³-hybridized carbons (Fsp3) is 1.00. The molecule has 0 unspecified atom stereocenters. The van der Waals surface area contributed by atoms with E-state index in [0.29, 0.717) is 0 Å². The van der Waals surface area contributed by atoms with E-state index in [1.165, 1.54) is 0 Å². The Morgan fingerprint density at radius 1 is 0.688 bits per heavy atom. The van der Waals surface area contributed by atoms with Crippen LogP contribution < -0.4 is 58.2 Å². The van der Waals surface area contributed by atoms with Gasteiger partial charge in [0, 0.05) is 0 Å². The first-order valence-corrected chi connectivity index (χ1v) is 5.45. The molecule has 0 aliphatic carbocycles. The first-order chi connectivity index (χ1) is 6.21. The Balaban J connectivity index is 0. The van der Waals surface area contributed by atoms with Crippen LogP contribution in [0.1, 0.15) is 0 Å². The molecule has 16 heavy (non-hydrogen) atoms. The number of alkyl halides is 6. The van der Waals surface area contributed by atoms with Gasteiger partial charge in [-0.05, 0) is 0 Å². The van der Waals surface area contributed by atoms with Crippen molar-refractivity contribution in [3.05, 3.63) is 4.13 Å². The third kappa shape index (κ3) is 4.85. The Bertz CT molecular complexity index is 390. The maximum Gasteiger partial charge on any atom is 1.00 e. The molecule has 0 aromatic carbocycles. The van der Waals surface area contributed by atoms with E-state index in [-0.39, 0.29) is 58.2 Å². The molecule has 0 amide bonds. The molecule has 0 aliphatic rings. The first kappa shape index (κ1) is 19.6. The van der Waals surface area contributed by atoms with Crippen LogP contribution >= 0.6 is 0 Å². The molecule has 0 heterocycles. The first-order valence-electron chi connectivity index (χ1n) is 2.57. The number of rotatable bonds is 2. The molecule has 0 aromatic rings. The summed E-state index contributed by atoms with van der Waals surface area (Å²) in [5.74, 6) is 0. The Morgan fingerprint density at radius 2 is 0.875 bits per heavy atom. The zero-order chi connectivity index (χ0) is 12.7. The Labute approximate surface area is 134 Å². The monoisotopic (exact) mass is 365 g/mol. The molecule has 0 radical (unpaired) electrons. The molecule has 0 saturated carbocycles. The summed E-state index contributed by atoms with van der Waals surface area (Å²) in [7, 11) is -13.4. The van der Waals surface area contributed by atoms with Crippen LogP contribution in [0.3, 0.4) is 0 Å². The molecule has 0 fully saturated rings. The summed E-state index contributed by atoms with van der Waals surface area (Å²) in [6, 6.07) is 0. The van der Waals surface area contributed by atoms with Gasteiger partial charge in [-0.25, -0.2) is 16.8 Å². The van der Waals surface area contributed by atoms with Crippen molar-refractivity contribution in [2.45, 2.75) is 11.0 Å². The molecule has 0 saturated heterocycles. The topological polar surface area (TPSA) is 82.4 Å². The maximum atomic E-state index is 11.4. The number of halogens is 6. The minimum absolute atomic E-state index is 0. The van der Waals surface area contributed by atoms with Gasteiger partial charge in [0.25, 0.3) is 0 Å². The van der Waals surface area contributed by atoms with Crippen molar-refractivity contribution in [3.8, 4) is 0 Å². The average molecular weight is 366 g/mol. The molecule has 0 aromatic heterocycles. The van der Waals surface area contributed by atoms with Crippen molar-refractivity contribution in [2.75, 3.05) is 0 Å². The summed E-state index contributed by atoms with van der Waals surface area (Å²) < 4.78 is 109. The second kappa shape index (κ2) is 5.48. The SMILES string of the molecule is O=S(=O)([N-]S(=O)(=O)C(F)(F)F)C(F)(F)F.[Rb+]. The van der Waals surface area contributed by atoms with Crippen molar-refractivity contribution >= 4 is 20.0 Å². The molecule has 0 bridgehead atoms. The Hall–Kier alpha value is 1.25. The molecule has 0 N–H and O–H groups in total. The minimum Gasteiger partial charge on any atom is -0.421 e. The van der Waals surface area contributed by atoms with Crippen molar-refractivity contribution < 1.29 is 101 Å². The number of hydrogen-bond donors (Lipinski definition) is 0. The third-order valence-corrected chi connectivity index (χ3v) is 3.52. The normalized spacial score (nSPS) is 14.4. The fourth-order valence-corrected chi connectivity index (χ4v) is 1.92. The van der Waals surface area contributed by atoms with E-state index in [4.69, 9.17) is 0 Å². The minimum atomic E-state index is -6.72. The van der Waals surface area contributed by atoms with Crippen molar-refractivity contribution in [1.29, 1.82) is 0 Å². The summed E-state index contributed by atoms with van der Waals surface area (Å²) in [6.07, 6.45) is 0. The third-order valence-electron chi connectivity index (χ3n) is 0.781. The van der Waals surface area contributed by atoms with E-state index in [1.807, 2.05) is 0 Å². The van der Waals surface area contributed by atoms with Gasteiger partial charge in [-0.15, -0.1) is 0 Å². The second-order valence-electron chi connectivity index (χ2n) is 1.92. The molecule has 0 atom stereocenters. The molecular formula is C2F6NO4RbS2. The molecule has 0 rings (SSSR count). The van der Waals surface area contributed by atoms with E-state index < -0.39 is 31.1 Å². The fourth-order valence-electron chi connectivity index (χ4n) is 0.214. The molecule has 0 spiro atoms. The van der Waals surface area contributed by atoms with E-state index in [2.05, 4.69) is 0 Å². The summed E-state index contributed by atoms with van der Waals surface area (Å²) in [6.45, 7) is 0. The summed E-state index contributed by atoms with van der Waals surface area (Å²) in [5, 5.41) is 0. The number of hydrogen-bond acceptors (Lipinski definition) is 4. The maximum absolute atomic E-state index is 11.4. The summed E-state index contributed by atoms with van der Waals surface area (Å²) >= 11 is 0. The largest absolute Gasteiger partial charge is 1.00 e. The van der Waals surface area contributed by atoms with Crippen LogP contribution in [-0.4, -0.2) is 27.9 Å². The van der Waals surface area contributed by atoms with Gasteiger partial charge in [-0.3, -0.25) is 0 Å². The van der Waals surface area contributed by atoms with Gasteiger partial charge in [0.1, 0.15) is 0 Å². The van der Waals surface area contributed by atoms with Crippen LogP contribution in [-0.2, 0) is 20.0 Å². The summed E-state index contributed by atoms with van der Waals surface area (Å²) in [5.41, 5.74) is -12.4. The molecular weight excluding hydrogens is 366 g/mol. The van der Waals surface area contributed by atoms with Crippen molar-refractivity contribution in [2.24, 2.45) is 0 Å². The van der Waals surface area contributed by atoms with Crippen molar-refractivity contribution in [3.63, 3.8) is 0 Å². The van der Waals surface area contributed by atoms with Crippen LogP contribution in [0.25, 0.3) is 4.13 Å². The van der Waals surface area contributed by atoms with Crippen molar-refractivity contribution in [1.82, 2.24) is 0 Å². The molecule has 5 nitrogen and oxygen atoms in total. The average Bonchev–Trinajstić information content (AvgIpc) is 1.77. The quantitative estimate of drug-likeness (QED) is 0.533.